The maximum atomic E-state index is 11.1. The van der Waals surface area contributed by atoms with Crippen molar-refractivity contribution in [3.05, 3.63) is 27.7 Å². The summed E-state index contributed by atoms with van der Waals surface area (Å²) in [7, 11) is 1.37. The van der Waals surface area contributed by atoms with E-state index in [0.29, 0.717) is 6.61 Å². The molecule has 1 rings (SSSR count). The third-order valence-electron chi connectivity index (χ3n) is 2.64. The zero-order valence-corrected chi connectivity index (χ0v) is 13.1. The molecule has 0 fully saturated rings. The fraction of sp³-hybridized carbons (Fsp3) is 0.500. The Hall–Kier alpha value is -1.07. The van der Waals surface area contributed by atoms with Gasteiger partial charge < -0.3 is 15.2 Å². The Balaban J connectivity index is 2.82. The van der Waals surface area contributed by atoms with Gasteiger partial charge in [0.2, 0.25) is 0 Å². The van der Waals surface area contributed by atoms with E-state index in [1.165, 1.54) is 7.11 Å². The number of halogens is 1. The number of aryl methyl sites for hydroxylation is 1. The second-order valence-electron chi connectivity index (χ2n) is 4.57. The van der Waals surface area contributed by atoms with Gasteiger partial charge in [-0.15, -0.1) is 0 Å². The van der Waals surface area contributed by atoms with Crippen molar-refractivity contribution in [1.29, 1.82) is 0 Å². The molecule has 5 heteroatoms. The lowest BCUT2D eigenvalue weighted by Gasteiger charge is -2.16. The first-order valence-corrected chi connectivity index (χ1v) is 6.97. The van der Waals surface area contributed by atoms with E-state index >= 15 is 0 Å². The monoisotopic (exact) mass is 329 g/mol. The van der Waals surface area contributed by atoms with Gasteiger partial charge in [0, 0.05) is 10.5 Å². The van der Waals surface area contributed by atoms with E-state index in [1.54, 1.807) is 0 Å². The Morgan fingerprint density at radius 3 is 2.74 bits per heavy atom. The summed E-state index contributed by atoms with van der Waals surface area (Å²) in [6, 6.07) is 4.04. The number of carbonyl (C=O) groups excluding carboxylic acids is 1. The number of nitrogens with two attached hydrogens (primary N) is 1. The highest BCUT2D eigenvalue weighted by Gasteiger charge is 2.11. The minimum atomic E-state index is -0.275. The molecule has 0 saturated carbocycles. The Morgan fingerprint density at radius 2 is 2.16 bits per heavy atom. The summed E-state index contributed by atoms with van der Waals surface area (Å²) in [4.78, 5) is 11.1. The van der Waals surface area contributed by atoms with Crippen LogP contribution < -0.4 is 10.5 Å². The SMILES string of the molecule is COC(=O)CCOc1c(C)cc(Br)cc1CC(C)N. The smallest absolute Gasteiger partial charge is 0.308 e. The van der Waals surface area contributed by atoms with Crippen LogP contribution in [0.15, 0.2) is 16.6 Å². The molecule has 2 N–H and O–H groups in total. The zero-order chi connectivity index (χ0) is 14.4. The van der Waals surface area contributed by atoms with Crippen molar-refractivity contribution in [2.24, 2.45) is 5.73 Å². The lowest BCUT2D eigenvalue weighted by molar-refractivity contribution is -0.141. The van der Waals surface area contributed by atoms with Gasteiger partial charge in [0.1, 0.15) is 5.75 Å². The van der Waals surface area contributed by atoms with Gasteiger partial charge in [-0.1, -0.05) is 15.9 Å². The van der Waals surface area contributed by atoms with E-state index in [1.807, 2.05) is 26.0 Å². The molecule has 1 atom stereocenters. The molecule has 0 aliphatic rings. The molecular formula is C14H20BrNO3. The van der Waals surface area contributed by atoms with Crippen molar-refractivity contribution in [3.63, 3.8) is 0 Å². The topological polar surface area (TPSA) is 61.5 Å². The van der Waals surface area contributed by atoms with Gasteiger partial charge >= 0.3 is 5.97 Å². The van der Waals surface area contributed by atoms with Crippen LogP contribution in [-0.2, 0) is 16.0 Å². The van der Waals surface area contributed by atoms with Crippen LogP contribution in [0, 0.1) is 6.92 Å². The molecule has 106 valence electrons. The average molecular weight is 330 g/mol. The zero-order valence-electron chi connectivity index (χ0n) is 11.5. The Bertz CT molecular complexity index is 447. The first kappa shape index (κ1) is 16.0. The van der Waals surface area contributed by atoms with E-state index in [9.17, 15) is 4.79 Å². The van der Waals surface area contributed by atoms with E-state index in [2.05, 4.69) is 20.7 Å². The van der Waals surface area contributed by atoms with Crippen molar-refractivity contribution >= 4 is 21.9 Å². The molecule has 0 heterocycles. The molecule has 0 saturated heterocycles. The predicted molar refractivity (Wildman–Crippen MR) is 78.4 cm³/mol. The summed E-state index contributed by atoms with van der Waals surface area (Å²) in [5.74, 6) is 0.535. The maximum absolute atomic E-state index is 11.1. The Morgan fingerprint density at radius 1 is 1.47 bits per heavy atom. The number of methoxy groups -OCH3 is 1. The normalized spacial score (nSPS) is 12.1. The highest BCUT2D eigenvalue weighted by molar-refractivity contribution is 9.10. The van der Waals surface area contributed by atoms with Gasteiger partial charge in [-0.05, 0) is 43.5 Å². The summed E-state index contributed by atoms with van der Waals surface area (Å²) in [6.45, 7) is 4.23. The lowest BCUT2D eigenvalue weighted by Crippen LogP contribution is -2.19. The van der Waals surface area contributed by atoms with Crippen LogP contribution in [0.25, 0.3) is 0 Å². The molecular weight excluding hydrogens is 310 g/mol. The second-order valence-corrected chi connectivity index (χ2v) is 5.48. The highest BCUT2D eigenvalue weighted by Crippen LogP contribution is 2.29. The first-order valence-electron chi connectivity index (χ1n) is 6.18. The number of benzene rings is 1. The van der Waals surface area contributed by atoms with E-state index in [-0.39, 0.29) is 18.4 Å². The third kappa shape index (κ3) is 5.20. The van der Waals surface area contributed by atoms with Crippen LogP contribution >= 0.6 is 15.9 Å². The molecule has 0 aromatic heterocycles. The highest BCUT2D eigenvalue weighted by atomic mass is 79.9. The Labute approximate surface area is 122 Å². The fourth-order valence-electron chi connectivity index (χ4n) is 1.84. The van der Waals surface area contributed by atoms with E-state index in [0.717, 1.165) is 27.8 Å². The van der Waals surface area contributed by atoms with E-state index < -0.39 is 0 Å². The summed E-state index contributed by atoms with van der Waals surface area (Å²) in [5, 5.41) is 0. The largest absolute Gasteiger partial charge is 0.492 e. The van der Waals surface area contributed by atoms with Crippen molar-refractivity contribution in [2.45, 2.75) is 32.7 Å². The second kappa shape index (κ2) is 7.50. The number of rotatable bonds is 6. The minimum Gasteiger partial charge on any atom is -0.492 e. The number of hydrogen-bond donors (Lipinski definition) is 1. The molecule has 4 nitrogen and oxygen atoms in total. The predicted octanol–water partition coefficient (Wildman–Crippen LogP) is 2.59. The molecule has 1 aromatic carbocycles. The summed E-state index contributed by atoms with van der Waals surface area (Å²) < 4.78 is 11.3. The maximum Gasteiger partial charge on any atom is 0.308 e. The number of hydrogen-bond acceptors (Lipinski definition) is 4. The van der Waals surface area contributed by atoms with Crippen molar-refractivity contribution in [1.82, 2.24) is 0 Å². The molecule has 1 unspecified atom stereocenters. The summed E-state index contributed by atoms with van der Waals surface area (Å²) >= 11 is 3.47. The minimum absolute atomic E-state index is 0.0525. The molecule has 0 spiro atoms. The molecule has 0 radical (unpaired) electrons. The fourth-order valence-corrected chi connectivity index (χ4v) is 2.46. The van der Waals surface area contributed by atoms with Crippen molar-refractivity contribution in [2.75, 3.05) is 13.7 Å². The summed E-state index contributed by atoms with van der Waals surface area (Å²) in [6.07, 6.45) is 0.970. The van der Waals surface area contributed by atoms with Crippen LogP contribution in [0.3, 0.4) is 0 Å². The number of ether oxygens (including phenoxy) is 2. The molecule has 1 aromatic rings. The van der Waals surface area contributed by atoms with Crippen LogP contribution in [0.2, 0.25) is 0 Å². The average Bonchev–Trinajstić information content (AvgIpc) is 2.31. The van der Waals surface area contributed by atoms with E-state index in [4.69, 9.17) is 10.5 Å². The van der Waals surface area contributed by atoms with Gasteiger partial charge in [0.15, 0.2) is 0 Å². The Kier molecular flexibility index (Phi) is 6.31. The molecule has 0 amide bonds. The van der Waals surface area contributed by atoms with Gasteiger partial charge in [-0.3, -0.25) is 4.79 Å². The standard InChI is InChI=1S/C14H20BrNO3/c1-9-6-12(15)8-11(7-10(2)16)14(9)19-5-4-13(17)18-3/h6,8,10H,4-5,7,16H2,1-3H3. The number of carbonyl (C=O) groups is 1. The van der Waals surface area contributed by atoms with Gasteiger partial charge in [0.25, 0.3) is 0 Å². The molecule has 19 heavy (non-hydrogen) atoms. The van der Waals surface area contributed by atoms with Crippen LogP contribution in [0.5, 0.6) is 5.75 Å². The quantitative estimate of drug-likeness (QED) is 0.815. The molecule has 0 aliphatic carbocycles. The van der Waals surface area contributed by atoms with Gasteiger partial charge in [-0.2, -0.15) is 0 Å². The summed E-state index contributed by atoms with van der Waals surface area (Å²) in [5.41, 5.74) is 7.92. The first-order chi connectivity index (χ1) is 8.93. The lowest BCUT2D eigenvalue weighted by atomic mass is 10.0. The third-order valence-corrected chi connectivity index (χ3v) is 3.10. The van der Waals surface area contributed by atoms with Crippen molar-refractivity contribution in [3.8, 4) is 5.75 Å². The van der Waals surface area contributed by atoms with Crippen LogP contribution in [-0.4, -0.2) is 25.7 Å². The molecule has 0 bridgehead atoms. The van der Waals surface area contributed by atoms with Gasteiger partial charge in [0.05, 0.1) is 20.1 Å². The number of esters is 1. The van der Waals surface area contributed by atoms with Crippen LogP contribution in [0.1, 0.15) is 24.5 Å². The molecule has 0 aliphatic heterocycles. The van der Waals surface area contributed by atoms with Crippen molar-refractivity contribution < 1.29 is 14.3 Å². The van der Waals surface area contributed by atoms with Crippen LogP contribution in [0.4, 0.5) is 0 Å². The van der Waals surface area contributed by atoms with Gasteiger partial charge in [-0.25, -0.2) is 0 Å².